The number of nitrogens with zero attached hydrogens (tertiary/aromatic N) is 2. The molecule has 7 heteroatoms. The molecule has 0 aromatic carbocycles. The fraction of sp³-hybridized carbons (Fsp3) is 0.923. The summed E-state index contributed by atoms with van der Waals surface area (Å²) >= 11 is 0. The van der Waals surface area contributed by atoms with Gasteiger partial charge in [0.05, 0.1) is 12.2 Å². The van der Waals surface area contributed by atoms with Gasteiger partial charge in [0.15, 0.2) is 0 Å². The van der Waals surface area contributed by atoms with Gasteiger partial charge in [-0.2, -0.15) is 4.31 Å². The molecule has 1 saturated heterocycles. The molecule has 1 N–H and O–H groups in total. The summed E-state index contributed by atoms with van der Waals surface area (Å²) in [5.74, 6) is -0.480. The highest BCUT2D eigenvalue weighted by molar-refractivity contribution is 7.88. The summed E-state index contributed by atoms with van der Waals surface area (Å²) in [6, 6.07) is 0.0537. The van der Waals surface area contributed by atoms with Crippen LogP contribution < -0.4 is 0 Å². The zero-order chi connectivity index (χ0) is 14.9. The van der Waals surface area contributed by atoms with Crippen LogP contribution in [0.1, 0.15) is 26.2 Å². The SMILES string of the molecule is CC1CCC(C(=O)O)C(N2CCN(S(C)(=O)=O)CC2)C1. The highest BCUT2D eigenvalue weighted by Crippen LogP contribution is 2.33. The van der Waals surface area contributed by atoms with Gasteiger partial charge < -0.3 is 5.11 Å². The molecule has 20 heavy (non-hydrogen) atoms. The van der Waals surface area contributed by atoms with Crippen LogP contribution >= 0.6 is 0 Å². The summed E-state index contributed by atoms with van der Waals surface area (Å²) in [6.07, 6.45) is 3.82. The lowest BCUT2D eigenvalue weighted by atomic mass is 9.78. The average molecular weight is 304 g/mol. The molecule has 3 unspecified atom stereocenters. The summed E-state index contributed by atoms with van der Waals surface area (Å²) in [7, 11) is -3.13. The molecule has 1 heterocycles. The average Bonchev–Trinajstić information content (AvgIpc) is 2.37. The van der Waals surface area contributed by atoms with Gasteiger partial charge in [-0.1, -0.05) is 6.92 Å². The minimum atomic E-state index is -3.13. The van der Waals surface area contributed by atoms with Crippen molar-refractivity contribution in [1.82, 2.24) is 9.21 Å². The van der Waals surface area contributed by atoms with E-state index in [-0.39, 0.29) is 12.0 Å². The highest BCUT2D eigenvalue weighted by Gasteiger charge is 2.38. The number of hydrogen-bond donors (Lipinski definition) is 1. The molecule has 2 aliphatic rings. The van der Waals surface area contributed by atoms with Crippen LogP contribution in [0.4, 0.5) is 0 Å². The lowest BCUT2D eigenvalue weighted by Gasteiger charge is -2.43. The predicted molar refractivity (Wildman–Crippen MR) is 75.9 cm³/mol. The Kier molecular flexibility index (Phi) is 4.71. The number of rotatable bonds is 3. The molecular weight excluding hydrogens is 280 g/mol. The van der Waals surface area contributed by atoms with Crippen molar-refractivity contribution in [3.8, 4) is 0 Å². The third-order valence-electron chi connectivity index (χ3n) is 4.61. The fourth-order valence-electron chi connectivity index (χ4n) is 3.41. The van der Waals surface area contributed by atoms with Crippen LogP contribution in [-0.4, -0.2) is 67.2 Å². The molecule has 3 atom stereocenters. The molecule has 0 aromatic rings. The molecule has 116 valence electrons. The van der Waals surface area contributed by atoms with Gasteiger partial charge in [-0.25, -0.2) is 8.42 Å². The Labute approximate surface area is 120 Å². The Morgan fingerprint density at radius 3 is 2.25 bits per heavy atom. The number of hydrogen-bond acceptors (Lipinski definition) is 4. The van der Waals surface area contributed by atoms with Crippen LogP contribution in [0, 0.1) is 11.8 Å². The molecule has 1 aliphatic heterocycles. The Morgan fingerprint density at radius 1 is 1.15 bits per heavy atom. The van der Waals surface area contributed by atoms with E-state index in [0.29, 0.717) is 32.1 Å². The maximum Gasteiger partial charge on any atom is 0.308 e. The highest BCUT2D eigenvalue weighted by atomic mass is 32.2. The normalized spacial score (nSPS) is 34.0. The van der Waals surface area contributed by atoms with Gasteiger partial charge in [0.2, 0.25) is 10.0 Å². The van der Waals surface area contributed by atoms with E-state index in [2.05, 4.69) is 11.8 Å². The zero-order valence-electron chi connectivity index (χ0n) is 12.2. The first-order valence-electron chi connectivity index (χ1n) is 7.21. The van der Waals surface area contributed by atoms with Crippen LogP contribution in [0.25, 0.3) is 0 Å². The summed E-state index contributed by atoms with van der Waals surface area (Å²) in [5, 5.41) is 9.37. The molecule has 1 saturated carbocycles. The van der Waals surface area contributed by atoms with Crippen molar-refractivity contribution in [1.29, 1.82) is 0 Å². The number of sulfonamides is 1. The first-order valence-corrected chi connectivity index (χ1v) is 9.06. The molecule has 0 bridgehead atoms. The molecule has 2 rings (SSSR count). The Bertz CT molecular complexity index is 457. The van der Waals surface area contributed by atoms with Crippen LogP contribution in [-0.2, 0) is 14.8 Å². The van der Waals surface area contributed by atoms with Crippen molar-refractivity contribution in [2.75, 3.05) is 32.4 Å². The van der Waals surface area contributed by atoms with E-state index >= 15 is 0 Å². The van der Waals surface area contributed by atoms with E-state index in [1.165, 1.54) is 10.6 Å². The van der Waals surface area contributed by atoms with Gasteiger partial charge in [0, 0.05) is 32.2 Å². The van der Waals surface area contributed by atoms with E-state index in [4.69, 9.17) is 0 Å². The van der Waals surface area contributed by atoms with Gasteiger partial charge in [0.25, 0.3) is 0 Å². The van der Waals surface area contributed by atoms with Crippen molar-refractivity contribution in [2.24, 2.45) is 11.8 Å². The van der Waals surface area contributed by atoms with Crippen LogP contribution in [0.5, 0.6) is 0 Å². The molecule has 6 nitrogen and oxygen atoms in total. The lowest BCUT2D eigenvalue weighted by molar-refractivity contribution is -0.146. The maximum absolute atomic E-state index is 11.5. The van der Waals surface area contributed by atoms with Crippen LogP contribution in [0.3, 0.4) is 0 Å². The Balaban J connectivity index is 2.02. The summed E-state index contributed by atoms with van der Waals surface area (Å²) in [6.45, 7) is 4.37. The number of carbonyl (C=O) groups is 1. The molecule has 0 radical (unpaired) electrons. The minimum absolute atomic E-state index is 0.0537. The first-order chi connectivity index (χ1) is 9.29. The first kappa shape index (κ1) is 15.7. The molecule has 2 fully saturated rings. The summed E-state index contributed by atoms with van der Waals surface area (Å²) in [4.78, 5) is 13.6. The Morgan fingerprint density at radius 2 is 1.75 bits per heavy atom. The van der Waals surface area contributed by atoms with E-state index in [1.807, 2.05) is 0 Å². The van der Waals surface area contributed by atoms with Gasteiger partial charge in [-0.05, 0) is 25.2 Å². The van der Waals surface area contributed by atoms with Crippen molar-refractivity contribution in [3.63, 3.8) is 0 Å². The standard InChI is InChI=1S/C13H24N2O4S/c1-10-3-4-11(13(16)17)12(9-10)14-5-7-15(8-6-14)20(2,18)19/h10-12H,3-9H2,1-2H3,(H,16,17). The van der Waals surface area contributed by atoms with Gasteiger partial charge in [-0.15, -0.1) is 0 Å². The Hall–Kier alpha value is -0.660. The van der Waals surface area contributed by atoms with Crippen LogP contribution in [0.2, 0.25) is 0 Å². The van der Waals surface area contributed by atoms with Crippen molar-refractivity contribution in [3.05, 3.63) is 0 Å². The predicted octanol–water partition coefficient (Wildman–Crippen LogP) is 0.453. The lowest BCUT2D eigenvalue weighted by Crippen LogP contribution is -2.55. The van der Waals surface area contributed by atoms with E-state index in [0.717, 1.165) is 19.3 Å². The topological polar surface area (TPSA) is 77.9 Å². The van der Waals surface area contributed by atoms with E-state index < -0.39 is 16.0 Å². The monoisotopic (exact) mass is 304 g/mol. The van der Waals surface area contributed by atoms with E-state index in [1.54, 1.807) is 0 Å². The zero-order valence-corrected chi connectivity index (χ0v) is 13.0. The fourth-order valence-corrected chi connectivity index (χ4v) is 4.24. The number of carboxylic acid groups (broad SMARTS) is 1. The van der Waals surface area contributed by atoms with Gasteiger partial charge >= 0.3 is 5.97 Å². The third kappa shape index (κ3) is 3.51. The second-order valence-corrected chi connectivity index (χ2v) is 8.11. The molecule has 0 aromatic heterocycles. The molecule has 0 amide bonds. The second kappa shape index (κ2) is 5.99. The summed E-state index contributed by atoms with van der Waals surface area (Å²) in [5.41, 5.74) is 0. The van der Waals surface area contributed by atoms with E-state index in [9.17, 15) is 18.3 Å². The van der Waals surface area contributed by atoms with Gasteiger partial charge in [0.1, 0.15) is 0 Å². The third-order valence-corrected chi connectivity index (χ3v) is 5.91. The second-order valence-electron chi connectivity index (χ2n) is 6.13. The molecule has 1 aliphatic carbocycles. The smallest absolute Gasteiger partial charge is 0.308 e. The van der Waals surface area contributed by atoms with Crippen molar-refractivity contribution in [2.45, 2.75) is 32.2 Å². The number of piperazine rings is 1. The number of aliphatic carboxylic acids is 1. The van der Waals surface area contributed by atoms with Crippen LogP contribution in [0.15, 0.2) is 0 Å². The van der Waals surface area contributed by atoms with Crippen molar-refractivity contribution >= 4 is 16.0 Å². The minimum Gasteiger partial charge on any atom is -0.481 e. The van der Waals surface area contributed by atoms with Crippen molar-refractivity contribution < 1.29 is 18.3 Å². The summed E-state index contributed by atoms with van der Waals surface area (Å²) < 4.78 is 24.5. The number of carboxylic acids is 1. The molecule has 0 spiro atoms. The quantitative estimate of drug-likeness (QED) is 0.819. The maximum atomic E-state index is 11.5. The molecular formula is C13H24N2O4S. The largest absolute Gasteiger partial charge is 0.481 e. The van der Waals surface area contributed by atoms with Gasteiger partial charge in [-0.3, -0.25) is 9.69 Å².